The summed E-state index contributed by atoms with van der Waals surface area (Å²) in [6.07, 6.45) is 0.835. The molecule has 4 N–H and O–H groups in total. The number of carboxylic acids is 1. The van der Waals surface area contributed by atoms with E-state index in [1.54, 1.807) is 12.1 Å². The largest absolute Gasteiger partial charge is 0.480 e. The van der Waals surface area contributed by atoms with E-state index in [0.29, 0.717) is 37.8 Å². The molecule has 11 heteroatoms. The van der Waals surface area contributed by atoms with Crippen molar-refractivity contribution in [3.05, 3.63) is 41.5 Å². The van der Waals surface area contributed by atoms with E-state index in [0.717, 1.165) is 44.1 Å². The van der Waals surface area contributed by atoms with E-state index >= 15 is 0 Å². The molecular formula is C27H34F3N5O3. The third kappa shape index (κ3) is 5.82. The van der Waals surface area contributed by atoms with Crippen molar-refractivity contribution >= 4 is 17.7 Å². The summed E-state index contributed by atoms with van der Waals surface area (Å²) in [5, 5.41) is 12.4. The number of carbonyl (C=O) groups is 1. The smallest absolute Gasteiger partial charge is 0.429 e. The number of hydrogen-bond donors (Lipinski definition) is 3. The standard InChI is InChI=1S/C27H34F3N5O3/c28-27(29,30)23(19-8-6-18(7-9-19)17-4-2-1-3-5-17)38-22-14-21(33-25(31)34-22)35-12-10-26(11-13-35)15-20(24(36)37)32-16-26/h6-9,14,17,20,23,32H,1-5,10-13,15-16H2,(H,36,37)(H2,31,33,34)/t20-,23+/m0/s1. The average molecular weight is 534 g/mol. The van der Waals surface area contributed by atoms with Gasteiger partial charge in [0.05, 0.1) is 0 Å². The summed E-state index contributed by atoms with van der Waals surface area (Å²) in [7, 11) is 0. The minimum absolute atomic E-state index is 0.0115. The normalized spacial score (nSPS) is 22.9. The maximum absolute atomic E-state index is 14.1. The summed E-state index contributed by atoms with van der Waals surface area (Å²) < 4.78 is 47.7. The Bertz CT molecular complexity index is 1130. The first-order valence-electron chi connectivity index (χ1n) is 13.3. The van der Waals surface area contributed by atoms with Crippen LogP contribution in [0.25, 0.3) is 0 Å². The van der Waals surface area contributed by atoms with Crippen LogP contribution < -0.4 is 20.7 Å². The highest BCUT2D eigenvalue weighted by Gasteiger charge is 2.45. The van der Waals surface area contributed by atoms with Gasteiger partial charge in [0.1, 0.15) is 11.9 Å². The van der Waals surface area contributed by atoms with E-state index in [2.05, 4.69) is 15.3 Å². The van der Waals surface area contributed by atoms with Crippen LogP contribution in [0.15, 0.2) is 30.3 Å². The monoisotopic (exact) mass is 533 g/mol. The maximum Gasteiger partial charge on any atom is 0.429 e. The minimum Gasteiger partial charge on any atom is -0.480 e. The Morgan fingerprint density at radius 1 is 1.13 bits per heavy atom. The van der Waals surface area contributed by atoms with Gasteiger partial charge in [0.25, 0.3) is 0 Å². The second-order valence-electron chi connectivity index (χ2n) is 10.9. The lowest BCUT2D eigenvalue weighted by atomic mass is 9.76. The lowest BCUT2D eigenvalue weighted by Crippen LogP contribution is -2.41. The van der Waals surface area contributed by atoms with Crippen molar-refractivity contribution in [3.63, 3.8) is 0 Å². The topological polar surface area (TPSA) is 114 Å². The molecule has 38 heavy (non-hydrogen) atoms. The Hall–Kier alpha value is -3.08. The molecule has 1 aromatic heterocycles. The number of anilines is 2. The van der Waals surface area contributed by atoms with Gasteiger partial charge in [0.15, 0.2) is 0 Å². The second kappa shape index (κ2) is 10.6. The first kappa shape index (κ1) is 26.5. The van der Waals surface area contributed by atoms with Gasteiger partial charge < -0.3 is 25.8 Å². The molecule has 1 aliphatic carbocycles. The molecule has 2 aromatic rings. The quantitative estimate of drug-likeness (QED) is 0.484. The van der Waals surface area contributed by atoms with Crippen molar-refractivity contribution in [1.29, 1.82) is 0 Å². The summed E-state index contributed by atoms with van der Waals surface area (Å²) in [6, 6.07) is 7.41. The first-order chi connectivity index (χ1) is 18.1. The van der Waals surface area contributed by atoms with Crippen molar-refractivity contribution in [1.82, 2.24) is 15.3 Å². The van der Waals surface area contributed by atoms with Crippen LogP contribution in [0, 0.1) is 5.41 Å². The van der Waals surface area contributed by atoms with Crippen molar-refractivity contribution < 1.29 is 27.8 Å². The van der Waals surface area contributed by atoms with Crippen LogP contribution in [0.1, 0.15) is 74.5 Å². The van der Waals surface area contributed by atoms with Gasteiger partial charge in [0.2, 0.25) is 17.9 Å². The number of alkyl halides is 3. The first-order valence-corrected chi connectivity index (χ1v) is 13.3. The molecule has 206 valence electrons. The molecule has 8 nitrogen and oxygen atoms in total. The molecular weight excluding hydrogens is 499 g/mol. The highest BCUT2D eigenvalue weighted by molar-refractivity contribution is 5.74. The zero-order chi connectivity index (χ0) is 26.9. The van der Waals surface area contributed by atoms with E-state index in [1.807, 2.05) is 4.90 Å². The number of aliphatic carboxylic acids is 1. The zero-order valence-corrected chi connectivity index (χ0v) is 21.2. The zero-order valence-electron chi connectivity index (χ0n) is 21.2. The number of carboxylic acid groups (broad SMARTS) is 1. The van der Waals surface area contributed by atoms with Crippen LogP contribution in [0.2, 0.25) is 0 Å². The Labute approximate surface area is 219 Å². The van der Waals surface area contributed by atoms with Gasteiger partial charge >= 0.3 is 12.1 Å². The molecule has 1 spiro atoms. The van der Waals surface area contributed by atoms with Gasteiger partial charge in [0, 0.05) is 31.3 Å². The number of aromatic nitrogens is 2. The highest BCUT2D eigenvalue weighted by atomic mass is 19.4. The van der Waals surface area contributed by atoms with Gasteiger partial charge in [-0.05, 0) is 49.0 Å². The summed E-state index contributed by atoms with van der Waals surface area (Å²) in [6.45, 7) is 1.79. The van der Waals surface area contributed by atoms with E-state index in [4.69, 9.17) is 10.5 Å². The van der Waals surface area contributed by atoms with E-state index in [-0.39, 0.29) is 22.8 Å². The number of benzene rings is 1. The molecule has 0 amide bonds. The Kier molecular flexibility index (Phi) is 7.39. The third-order valence-electron chi connectivity index (χ3n) is 8.36. The lowest BCUT2D eigenvalue weighted by molar-refractivity contribution is -0.198. The van der Waals surface area contributed by atoms with E-state index < -0.39 is 24.3 Å². The van der Waals surface area contributed by atoms with E-state index in [1.165, 1.54) is 24.6 Å². The molecule has 1 aromatic carbocycles. The highest BCUT2D eigenvalue weighted by Crippen LogP contribution is 2.42. The lowest BCUT2D eigenvalue weighted by Gasteiger charge is -2.39. The Morgan fingerprint density at radius 3 is 2.42 bits per heavy atom. The average Bonchev–Trinajstić information content (AvgIpc) is 3.31. The molecule has 1 saturated carbocycles. The summed E-state index contributed by atoms with van der Waals surface area (Å²) >= 11 is 0. The summed E-state index contributed by atoms with van der Waals surface area (Å²) in [4.78, 5) is 21.5. The molecule has 2 aliphatic heterocycles. The van der Waals surface area contributed by atoms with Gasteiger partial charge in [-0.2, -0.15) is 23.1 Å². The molecule has 3 heterocycles. The van der Waals surface area contributed by atoms with Crippen LogP contribution in [0.4, 0.5) is 24.9 Å². The third-order valence-corrected chi connectivity index (χ3v) is 8.36. The molecule has 0 unspecified atom stereocenters. The predicted octanol–water partition coefficient (Wildman–Crippen LogP) is 4.82. The molecule has 0 radical (unpaired) electrons. The number of nitrogens with two attached hydrogens (primary N) is 1. The van der Waals surface area contributed by atoms with Crippen molar-refractivity contribution in [2.75, 3.05) is 30.3 Å². The number of hydrogen-bond acceptors (Lipinski definition) is 7. The maximum atomic E-state index is 14.1. The van der Waals surface area contributed by atoms with E-state index in [9.17, 15) is 23.1 Å². The summed E-state index contributed by atoms with van der Waals surface area (Å²) in [5.41, 5.74) is 6.84. The Morgan fingerprint density at radius 2 is 1.82 bits per heavy atom. The van der Waals surface area contributed by atoms with Crippen molar-refractivity contribution in [2.45, 2.75) is 75.6 Å². The molecule has 2 atom stereocenters. The van der Waals surface area contributed by atoms with Crippen molar-refractivity contribution in [3.8, 4) is 5.88 Å². The van der Waals surface area contributed by atoms with Crippen LogP contribution in [0.5, 0.6) is 5.88 Å². The van der Waals surface area contributed by atoms with Gasteiger partial charge in [-0.25, -0.2) is 0 Å². The predicted molar refractivity (Wildman–Crippen MR) is 136 cm³/mol. The van der Waals surface area contributed by atoms with Crippen LogP contribution in [0.3, 0.4) is 0 Å². The summed E-state index contributed by atoms with van der Waals surface area (Å²) in [5.74, 6) is -0.458. The number of ether oxygens (including phenoxy) is 1. The van der Waals surface area contributed by atoms with Gasteiger partial charge in [-0.15, -0.1) is 0 Å². The second-order valence-corrected chi connectivity index (χ2v) is 10.9. The molecule has 2 saturated heterocycles. The van der Waals surface area contributed by atoms with Gasteiger partial charge in [-0.1, -0.05) is 43.5 Å². The number of nitrogens with zero attached hydrogens (tertiary/aromatic N) is 3. The molecule has 5 rings (SSSR count). The van der Waals surface area contributed by atoms with Gasteiger partial charge in [-0.3, -0.25) is 4.79 Å². The number of piperidine rings is 1. The number of halogens is 3. The molecule has 3 aliphatic rings. The van der Waals surface area contributed by atoms with Crippen LogP contribution in [-0.4, -0.2) is 52.9 Å². The fourth-order valence-corrected chi connectivity index (χ4v) is 6.16. The SMILES string of the molecule is Nc1nc(O[C@H](c2ccc(C3CCCCC3)cc2)C(F)(F)F)cc(N2CCC3(CC2)CN[C@H](C(=O)O)C3)n1. The van der Waals surface area contributed by atoms with Crippen LogP contribution >= 0.6 is 0 Å². The fraction of sp³-hybridized carbons (Fsp3) is 0.593. The number of rotatable bonds is 6. The molecule has 3 fully saturated rings. The number of nitrogens with one attached hydrogen (secondary N) is 1. The van der Waals surface area contributed by atoms with Crippen LogP contribution in [-0.2, 0) is 4.79 Å². The number of nitrogen functional groups attached to an aromatic ring is 1. The molecule has 0 bridgehead atoms. The fourth-order valence-electron chi connectivity index (χ4n) is 6.16. The Balaban J connectivity index is 1.29. The van der Waals surface area contributed by atoms with Crippen molar-refractivity contribution in [2.24, 2.45) is 5.41 Å². The minimum atomic E-state index is -4.65.